The number of guanidine groups is 1. The van der Waals surface area contributed by atoms with Crippen molar-refractivity contribution in [2.45, 2.75) is 46.6 Å². The minimum Gasteiger partial charge on any atom is -0.377 e. The van der Waals surface area contributed by atoms with Crippen molar-refractivity contribution in [1.82, 2.24) is 20.4 Å². The first kappa shape index (κ1) is 25.4. The fourth-order valence-corrected chi connectivity index (χ4v) is 4.08. The molecule has 0 saturated carbocycles. The van der Waals surface area contributed by atoms with E-state index < -0.39 is 0 Å². The molecule has 2 aliphatic heterocycles. The van der Waals surface area contributed by atoms with Crippen LogP contribution in [0.2, 0.25) is 0 Å². The summed E-state index contributed by atoms with van der Waals surface area (Å²) in [7, 11) is 1.82. The van der Waals surface area contributed by atoms with Crippen LogP contribution in [0.5, 0.6) is 0 Å². The normalized spacial score (nSPS) is 24.5. The van der Waals surface area contributed by atoms with E-state index in [-0.39, 0.29) is 41.4 Å². The van der Waals surface area contributed by atoms with Gasteiger partial charge in [0.25, 0.3) is 0 Å². The number of aliphatic imine (C=N–C) groups is 1. The third-order valence-electron chi connectivity index (χ3n) is 5.59. The van der Waals surface area contributed by atoms with Gasteiger partial charge in [0, 0.05) is 72.3 Å². The van der Waals surface area contributed by atoms with Crippen LogP contribution in [0.15, 0.2) is 4.99 Å². The molecule has 7 nitrogen and oxygen atoms in total. The molecule has 0 aromatic carbocycles. The van der Waals surface area contributed by atoms with Crippen molar-refractivity contribution in [3.05, 3.63) is 0 Å². The van der Waals surface area contributed by atoms with Gasteiger partial charge >= 0.3 is 0 Å². The number of hydrogen-bond acceptors (Lipinski definition) is 4. The average Bonchev–Trinajstić information content (AvgIpc) is 2.64. The highest BCUT2D eigenvalue weighted by Gasteiger charge is 2.35. The first-order valence-electron chi connectivity index (χ1n) is 10.3. The van der Waals surface area contributed by atoms with Gasteiger partial charge in [-0.1, -0.05) is 20.8 Å². The summed E-state index contributed by atoms with van der Waals surface area (Å²) in [5.41, 5.74) is 0.158. The number of carbonyl (C=O) groups excluding carboxylic acids is 1. The molecule has 1 amide bonds. The Morgan fingerprint density at radius 3 is 2.43 bits per heavy atom. The molecule has 2 aliphatic rings. The van der Waals surface area contributed by atoms with Gasteiger partial charge in [0.15, 0.2) is 5.96 Å². The number of halogens is 1. The number of nitrogens with zero attached hydrogens (tertiary/aromatic N) is 3. The molecule has 2 saturated heterocycles. The van der Waals surface area contributed by atoms with Crippen LogP contribution in [0.3, 0.4) is 0 Å². The molecule has 0 radical (unpaired) electrons. The minimum atomic E-state index is 0. The van der Waals surface area contributed by atoms with Crippen LogP contribution in [-0.2, 0) is 9.53 Å². The van der Waals surface area contributed by atoms with Crippen LogP contribution in [0.1, 0.15) is 40.5 Å². The molecule has 2 fully saturated rings. The summed E-state index contributed by atoms with van der Waals surface area (Å²) in [4.78, 5) is 20.1. The number of piperazine rings is 1. The Bertz CT molecular complexity index is 501. The maximum atomic E-state index is 11.4. The molecular weight excluding hydrogens is 469 g/mol. The lowest BCUT2D eigenvalue weighted by Gasteiger charge is -2.40. The lowest BCUT2D eigenvalue weighted by atomic mass is 9.78. The second-order valence-corrected chi connectivity index (χ2v) is 8.79. The van der Waals surface area contributed by atoms with Crippen molar-refractivity contribution in [2.75, 3.05) is 59.5 Å². The fourth-order valence-electron chi connectivity index (χ4n) is 4.08. The average molecular weight is 509 g/mol. The summed E-state index contributed by atoms with van der Waals surface area (Å²) in [5, 5.41) is 6.91. The number of amides is 1. The van der Waals surface area contributed by atoms with Crippen molar-refractivity contribution in [2.24, 2.45) is 16.3 Å². The van der Waals surface area contributed by atoms with Crippen molar-refractivity contribution in [1.29, 1.82) is 0 Å². The second kappa shape index (κ2) is 12.2. The van der Waals surface area contributed by atoms with Crippen molar-refractivity contribution < 1.29 is 9.53 Å². The van der Waals surface area contributed by atoms with E-state index in [0.717, 1.165) is 64.8 Å². The molecule has 2 N–H and O–H groups in total. The molecule has 0 aromatic rings. The van der Waals surface area contributed by atoms with Gasteiger partial charge in [0.05, 0.1) is 6.10 Å². The molecule has 0 spiro atoms. The first-order chi connectivity index (χ1) is 12.8. The summed E-state index contributed by atoms with van der Waals surface area (Å²) in [5.74, 6) is 1.55. The van der Waals surface area contributed by atoms with Gasteiger partial charge in [0.1, 0.15) is 0 Å². The van der Waals surface area contributed by atoms with Crippen LogP contribution >= 0.6 is 24.0 Å². The van der Waals surface area contributed by atoms with Crippen LogP contribution < -0.4 is 10.6 Å². The van der Waals surface area contributed by atoms with E-state index in [1.165, 1.54) is 6.42 Å². The summed E-state index contributed by atoms with van der Waals surface area (Å²) < 4.78 is 6.07. The molecule has 164 valence electrons. The van der Waals surface area contributed by atoms with Gasteiger partial charge in [-0.05, 0) is 18.3 Å². The largest absolute Gasteiger partial charge is 0.377 e. The van der Waals surface area contributed by atoms with E-state index in [4.69, 9.17) is 4.74 Å². The van der Waals surface area contributed by atoms with Gasteiger partial charge in [-0.2, -0.15) is 0 Å². The monoisotopic (exact) mass is 509 g/mol. The highest BCUT2D eigenvalue weighted by molar-refractivity contribution is 14.0. The molecule has 28 heavy (non-hydrogen) atoms. The van der Waals surface area contributed by atoms with Crippen molar-refractivity contribution >= 4 is 35.8 Å². The number of ether oxygens (including phenoxy) is 1. The standard InChI is InChI=1S/C20H39N5O2.HI/c1-16(26)25-12-10-24(11-13-25)9-8-22-19(21-5)23-15-17-7-6-14-27-18(17)20(2,3)4;/h17-18H,6-15H2,1-5H3,(H2,21,22,23);1H. The second-order valence-electron chi connectivity index (χ2n) is 8.79. The molecule has 8 heteroatoms. The maximum Gasteiger partial charge on any atom is 0.219 e. The predicted molar refractivity (Wildman–Crippen MR) is 125 cm³/mol. The Labute approximate surface area is 188 Å². The summed E-state index contributed by atoms with van der Waals surface area (Å²) in [6.45, 7) is 15.6. The molecular formula is C20H40IN5O2. The van der Waals surface area contributed by atoms with E-state index in [1.54, 1.807) is 6.92 Å². The van der Waals surface area contributed by atoms with Gasteiger partial charge in [0.2, 0.25) is 5.91 Å². The Morgan fingerprint density at radius 2 is 1.86 bits per heavy atom. The van der Waals surface area contributed by atoms with Crippen LogP contribution in [0.4, 0.5) is 0 Å². The number of hydrogen-bond donors (Lipinski definition) is 2. The van der Waals surface area contributed by atoms with E-state index in [9.17, 15) is 4.79 Å². The summed E-state index contributed by atoms with van der Waals surface area (Å²) in [6.07, 6.45) is 2.62. The molecule has 2 heterocycles. The first-order valence-corrected chi connectivity index (χ1v) is 10.3. The highest BCUT2D eigenvalue weighted by atomic mass is 127. The SMILES string of the molecule is CN=C(NCCN1CCN(C(C)=O)CC1)NCC1CCCOC1C(C)(C)C.I. The van der Waals surface area contributed by atoms with E-state index in [0.29, 0.717) is 5.92 Å². The third kappa shape index (κ3) is 8.02. The Morgan fingerprint density at radius 1 is 1.18 bits per heavy atom. The zero-order valence-corrected chi connectivity index (χ0v) is 20.6. The lowest BCUT2D eigenvalue weighted by molar-refractivity contribution is -0.130. The Kier molecular flexibility index (Phi) is 11.1. The molecule has 2 atom stereocenters. The molecule has 0 aromatic heterocycles. The van der Waals surface area contributed by atoms with Crippen molar-refractivity contribution in [3.63, 3.8) is 0 Å². The third-order valence-corrected chi connectivity index (χ3v) is 5.59. The smallest absolute Gasteiger partial charge is 0.219 e. The van der Waals surface area contributed by atoms with Gasteiger partial charge in [-0.15, -0.1) is 24.0 Å². The summed E-state index contributed by atoms with van der Waals surface area (Å²) in [6, 6.07) is 0. The number of carbonyl (C=O) groups is 1. The van der Waals surface area contributed by atoms with Crippen LogP contribution in [0, 0.1) is 11.3 Å². The van der Waals surface area contributed by atoms with Gasteiger partial charge in [-0.25, -0.2) is 0 Å². The molecule has 2 unspecified atom stereocenters. The van der Waals surface area contributed by atoms with E-state index in [2.05, 4.69) is 41.3 Å². The van der Waals surface area contributed by atoms with Crippen LogP contribution in [-0.4, -0.2) is 87.2 Å². The Hall–Kier alpha value is -0.610. The number of nitrogens with one attached hydrogen (secondary N) is 2. The quantitative estimate of drug-likeness (QED) is 0.336. The number of rotatable bonds is 5. The Balaban J connectivity index is 0.00000392. The lowest BCUT2D eigenvalue weighted by Crippen LogP contribution is -2.51. The minimum absolute atomic E-state index is 0. The summed E-state index contributed by atoms with van der Waals surface area (Å²) >= 11 is 0. The maximum absolute atomic E-state index is 11.4. The molecule has 2 rings (SSSR count). The zero-order valence-electron chi connectivity index (χ0n) is 18.3. The van der Waals surface area contributed by atoms with E-state index >= 15 is 0 Å². The van der Waals surface area contributed by atoms with Gasteiger partial charge in [-0.3, -0.25) is 14.7 Å². The fraction of sp³-hybridized carbons (Fsp3) is 0.900. The van der Waals surface area contributed by atoms with Crippen molar-refractivity contribution in [3.8, 4) is 0 Å². The van der Waals surface area contributed by atoms with Crippen LogP contribution in [0.25, 0.3) is 0 Å². The predicted octanol–water partition coefficient (Wildman–Crippen LogP) is 1.77. The van der Waals surface area contributed by atoms with E-state index in [1.807, 2.05) is 11.9 Å². The zero-order chi connectivity index (χ0) is 19.9. The molecule has 0 bridgehead atoms. The topological polar surface area (TPSA) is 69.2 Å². The van der Waals surface area contributed by atoms with Gasteiger partial charge < -0.3 is 20.3 Å². The highest BCUT2D eigenvalue weighted by Crippen LogP contribution is 2.33. The molecule has 0 aliphatic carbocycles.